The maximum Gasteiger partial charge on any atom is 0.324 e. The second kappa shape index (κ2) is 7.60. The minimum atomic E-state index is -3.69. The average Bonchev–Trinajstić information content (AvgIpc) is 2.99. The lowest BCUT2D eigenvalue weighted by atomic mass is 10.1. The van der Waals surface area contributed by atoms with Crippen LogP contribution in [0.25, 0.3) is 0 Å². The number of hydrogen-bond acceptors (Lipinski definition) is 3. The van der Waals surface area contributed by atoms with E-state index in [9.17, 15) is 13.2 Å². The minimum absolute atomic E-state index is 0.0270. The van der Waals surface area contributed by atoms with E-state index >= 15 is 0 Å². The van der Waals surface area contributed by atoms with Gasteiger partial charge in [0.05, 0.1) is 10.6 Å². The van der Waals surface area contributed by atoms with Crippen molar-refractivity contribution in [1.82, 2.24) is 4.90 Å². The molecule has 1 fully saturated rings. The number of amides is 2. The summed E-state index contributed by atoms with van der Waals surface area (Å²) < 4.78 is 28.0. The van der Waals surface area contributed by atoms with Crippen molar-refractivity contribution in [2.24, 2.45) is 0 Å². The fraction of sp³-hybridized carbons (Fsp3) is 0.350. The molecule has 2 aromatic rings. The summed E-state index contributed by atoms with van der Waals surface area (Å²) in [6.07, 6.45) is 0.918. The van der Waals surface area contributed by atoms with E-state index in [1.54, 1.807) is 23.1 Å². The van der Waals surface area contributed by atoms with Crippen LogP contribution in [-0.4, -0.2) is 39.0 Å². The van der Waals surface area contributed by atoms with Crippen molar-refractivity contribution < 1.29 is 13.2 Å². The molecule has 0 atom stereocenters. The van der Waals surface area contributed by atoms with Gasteiger partial charge in [-0.1, -0.05) is 24.6 Å². The predicted molar refractivity (Wildman–Crippen MR) is 108 cm³/mol. The third-order valence-corrected chi connectivity index (χ3v) is 6.05. The quantitative estimate of drug-likeness (QED) is 0.820. The summed E-state index contributed by atoms with van der Waals surface area (Å²) in [6, 6.07) is 12.0. The molecule has 144 valence electrons. The Kier molecular flexibility index (Phi) is 5.41. The smallest absolute Gasteiger partial charge is 0.323 e. The molecule has 1 saturated heterocycles. The number of urea groups is 1. The van der Waals surface area contributed by atoms with Gasteiger partial charge < -0.3 is 4.90 Å². The van der Waals surface area contributed by atoms with Gasteiger partial charge in [0.1, 0.15) is 0 Å². The molecule has 6 nitrogen and oxygen atoms in total. The third-order valence-electron chi connectivity index (χ3n) is 4.67. The first-order valence-electron chi connectivity index (χ1n) is 9.08. The van der Waals surface area contributed by atoms with Crippen LogP contribution in [0.1, 0.15) is 24.5 Å². The molecule has 0 radical (unpaired) electrons. The van der Waals surface area contributed by atoms with Gasteiger partial charge in [-0.05, 0) is 56.2 Å². The second-order valence-electron chi connectivity index (χ2n) is 6.84. The van der Waals surface area contributed by atoms with Gasteiger partial charge in [-0.3, -0.25) is 9.62 Å². The number of nitrogens with zero attached hydrogens (tertiary/aromatic N) is 2. The van der Waals surface area contributed by atoms with Gasteiger partial charge in [-0.25, -0.2) is 13.2 Å². The van der Waals surface area contributed by atoms with E-state index in [1.807, 2.05) is 37.8 Å². The number of anilines is 2. The van der Waals surface area contributed by atoms with E-state index in [1.165, 1.54) is 12.1 Å². The van der Waals surface area contributed by atoms with Gasteiger partial charge in [-0.2, -0.15) is 0 Å². The number of nitrogens with one attached hydrogen (secondary N) is 1. The third kappa shape index (κ3) is 4.08. The summed E-state index contributed by atoms with van der Waals surface area (Å²) in [5.41, 5.74) is 3.22. The Labute approximate surface area is 160 Å². The van der Waals surface area contributed by atoms with E-state index in [4.69, 9.17) is 0 Å². The van der Waals surface area contributed by atoms with Crippen molar-refractivity contribution in [2.45, 2.75) is 32.1 Å². The van der Waals surface area contributed by atoms with Crippen LogP contribution in [0, 0.1) is 13.8 Å². The number of carbonyl (C=O) groups excluding carboxylic acids is 1. The largest absolute Gasteiger partial charge is 0.324 e. The summed E-state index contributed by atoms with van der Waals surface area (Å²) in [4.78, 5) is 16.1. The van der Waals surface area contributed by atoms with E-state index in [0.29, 0.717) is 24.5 Å². The highest BCUT2D eigenvalue weighted by Crippen LogP contribution is 2.25. The summed E-state index contributed by atoms with van der Waals surface area (Å²) in [7, 11) is -3.69. The van der Waals surface area contributed by atoms with Gasteiger partial charge in [0.25, 0.3) is 10.0 Å². The zero-order valence-corrected chi connectivity index (χ0v) is 16.7. The molecule has 0 aliphatic carbocycles. The normalized spacial score (nSPS) is 14.7. The highest BCUT2D eigenvalue weighted by Gasteiger charge is 2.29. The Hall–Kier alpha value is -2.54. The Morgan fingerprint density at radius 2 is 1.74 bits per heavy atom. The molecule has 27 heavy (non-hydrogen) atoms. The number of aryl methyl sites for hydroxylation is 2. The number of hydrogen-bond donors (Lipinski definition) is 1. The number of benzene rings is 2. The molecule has 1 aliphatic rings. The summed E-state index contributed by atoms with van der Waals surface area (Å²) in [5.74, 6) is 0. The molecule has 1 N–H and O–H groups in total. The van der Waals surface area contributed by atoms with Crippen LogP contribution in [0.5, 0.6) is 0 Å². The molecule has 0 spiro atoms. The van der Waals surface area contributed by atoms with Crippen LogP contribution < -0.4 is 9.62 Å². The standard InChI is InChI=1S/C20H25N3O3S/c1-4-11-22-12-13-23(20(22)24)17-6-8-18(9-7-17)27(25,26)21-19-10-5-15(2)14-16(19)3/h5-10,14,21H,4,11-13H2,1-3H3. The van der Waals surface area contributed by atoms with E-state index in [0.717, 1.165) is 24.1 Å². The zero-order chi connectivity index (χ0) is 19.6. The van der Waals surface area contributed by atoms with E-state index < -0.39 is 10.0 Å². The number of sulfonamides is 1. The zero-order valence-electron chi connectivity index (χ0n) is 15.9. The van der Waals surface area contributed by atoms with Crippen LogP contribution in [0.3, 0.4) is 0 Å². The molecular formula is C20H25N3O3S. The Morgan fingerprint density at radius 1 is 1.04 bits per heavy atom. The van der Waals surface area contributed by atoms with Crippen molar-refractivity contribution in [3.63, 3.8) is 0 Å². The molecule has 3 rings (SSSR count). The summed E-state index contributed by atoms with van der Waals surface area (Å²) in [6.45, 7) is 7.92. The first kappa shape index (κ1) is 19.2. The molecular weight excluding hydrogens is 362 g/mol. The molecule has 0 bridgehead atoms. The molecule has 1 aliphatic heterocycles. The first-order chi connectivity index (χ1) is 12.8. The molecule has 7 heteroatoms. The lowest BCUT2D eigenvalue weighted by Crippen LogP contribution is -2.32. The monoisotopic (exact) mass is 387 g/mol. The number of rotatable bonds is 6. The fourth-order valence-corrected chi connectivity index (χ4v) is 4.37. The van der Waals surface area contributed by atoms with E-state index in [-0.39, 0.29) is 10.9 Å². The predicted octanol–water partition coefficient (Wildman–Crippen LogP) is 3.76. The van der Waals surface area contributed by atoms with Gasteiger partial charge in [-0.15, -0.1) is 0 Å². The highest BCUT2D eigenvalue weighted by molar-refractivity contribution is 7.92. The second-order valence-corrected chi connectivity index (χ2v) is 8.52. The van der Waals surface area contributed by atoms with Crippen molar-refractivity contribution in [1.29, 1.82) is 0 Å². The molecule has 0 aromatic heterocycles. The lowest BCUT2D eigenvalue weighted by molar-refractivity contribution is 0.220. The topological polar surface area (TPSA) is 69.7 Å². The Balaban J connectivity index is 1.77. The highest BCUT2D eigenvalue weighted by atomic mass is 32.2. The minimum Gasteiger partial charge on any atom is -0.323 e. The van der Waals surface area contributed by atoms with Crippen molar-refractivity contribution in [3.05, 3.63) is 53.6 Å². The van der Waals surface area contributed by atoms with Crippen molar-refractivity contribution in [2.75, 3.05) is 29.3 Å². The fourth-order valence-electron chi connectivity index (χ4n) is 3.24. The van der Waals surface area contributed by atoms with Crippen molar-refractivity contribution >= 4 is 27.4 Å². The number of carbonyl (C=O) groups is 1. The maximum absolute atomic E-state index is 12.7. The molecule has 0 saturated carbocycles. The average molecular weight is 388 g/mol. The SMILES string of the molecule is CCCN1CCN(c2ccc(S(=O)(=O)Nc3ccc(C)cc3C)cc2)C1=O. The van der Waals surface area contributed by atoms with Crippen LogP contribution in [-0.2, 0) is 10.0 Å². The van der Waals surface area contributed by atoms with Gasteiger partial charge >= 0.3 is 6.03 Å². The summed E-state index contributed by atoms with van der Waals surface area (Å²) >= 11 is 0. The van der Waals surface area contributed by atoms with Gasteiger partial charge in [0, 0.05) is 25.3 Å². The van der Waals surface area contributed by atoms with E-state index in [2.05, 4.69) is 4.72 Å². The molecule has 2 aromatic carbocycles. The molecule has 0 unspecified atom stereocenters. The van der Waals surface area contributed by atoms with Crippen LogP contribution in [0.15, 0.2) is 47.4 Å². The van der Waals surface area contributed by atoms with Crippen LogP contribution in [0.2, 0.25) is 0 Å². The summed E-state index contributed by atoms with van der Waals surface area (Å²) in [5, 5.41) is 0. The Bertz CT molecular complexity index is 939. The molecule has 2 amide bonds. The van der Waals surface area contributed by atoms with Crippen LogP contribution in [0.4, 0.5) is 16.2 Å². The van der Waals surface area contributed by atoms with Crippen molar-refractivity contribution in [3.8, 4) is 0 Å². The van der Waals surface area contributed by atoms with Gasteiger partial charge in [0.2, 0.25) is 0 Å². The maximum atomic E-state index is 12.7. The Morgan fingerprint density at radius 3 is 2.37 bits per heavy atom. The molecule has 1 heterocycles. The van der Waals surface area contributed by atoms with Gasteiger partial charge in [0.15, 0.2) is 0 Å². The first-order valence-corrected chi connectivity index (χ1v) is 10.6. The van der Waals surface area contributed by atoms with Crippen LogP contribution >= 0.6 is 0 Å². The lowest BCUT2D eigenvalue weighted by Gasteiger charge is -2.18.